The van der Waals surface area contributed by atoms with Crippen LogP contribution in [0.1, 0.15) is 18.4 Å². The molecule has 3 aromatic heterocycles. The molecule has 0 amide bonds. The smallest absolute Gasteiger partial charge is 0.271 e. The van der Waals surface area contributed by atoms with E-state index in [2.05, 4.69) is 50.8 Å². The zero-order valence-corrected chi connectivity index (χ0v) is 22.8. The second kappa shape index (κ2) is 11.3. The Labute approximate surface area is 241 Å². The van der Waals surface area contributed by atoms with E-state index in [1.54, 1.807) is 6.20 Å². The Morgan fingerprint density at radius 1 is 0.810 bits per heavy atom. The Bertz CT molecular complexity index is 1910. The number of benzene rings is 2. The van der Waals surface area contributed by atoms with Crippen molar-refractivity contribution in [3.05, 3.63) is 111 Å². The van der Waals surface area contributed by atoms with Crippen molar-refractivity contribution < 1.29 is 5.11 Å². The van der Waals surface area contributed by atoms with Crippen molar-refractivity contribution in [3.8, 4) is 34.1 Å². The summed E-state index contributed by atoms with van der Waals surface area (Å²) < 4.78 is 2.09. The molecule has 3 aromatic carbocycles. The molecule has 0 spiro atoms. The number of aromatic hydroxyl groups is 1. The van der Waals surface area contributed by atoms with Crippen LogP contribution < -0.4 is 22.3 Å². The summed E-state index contributed by atoms with van der Waals surface area (Å²) in [4.78, 5) is 36.9. The van der Waals surface area contributed by atoms with E-state index in [-0.39, 0.29) is 5.69 Å². The van der Waals surface area contributed by atoms with Crippen LogP contribution >= 0.6 is 0 Å². The minimum Gasteiger partial charge on any atom is -0.502 e. The summed E-state index contributed by atoms with van der Waals surface area (Å²) in [6.07, 6.45) is 4.29. The van der Waals surface area contributed by atoms with E-state index in [1.165, 1.54) is 31.5 Å². The first-order chi connectivity index (χ1) is 20.4. The quantitative estimate of drug-likeness (QED) is 0.267. The number of likely N-dealkylation sites (tertiary alicyclic amines) is 1. The van der Waals surface area contributed by atoms with Crippen LogP contribution in [0.3, 0.4) is 0 Å². The molecular weight excluding hydrogens is 530 g/mol. The SMILES string of the molecule is Nc1c(O)c(=O)c1=O.Nc1ncccc1-c1nc2ccc(-c3ccccc3)nc2n1-c1ccc(CN2CCCC2)cc1. The van der Waals surface area contributed by atoms with Crippen LogP contribution in [-0.2, 0) is 6.54 Å². The maximum absolute atomic E-state index is 10.1. The fourth-order valence-electron chi connectivity index (χ4n) is 5.11. The van der Waals surface area contributed by atoms with Crippen LogP contribution in [0.2, 0.25) is 0 Å². The predicted molar refractivity (Wildman–Crippen MR) is 164 cm³/mol. The number of anilines is 2. The number of aromatic nitrogens is 4. The molecule has 0 unspecified atom stereocenters. The molecule has 1 aliphatic heterocycles. The summed E-state index contributed by atoms with van der Waals surface area (Å²) in [7, 11) is 0. The number of hydrogen-bond acceptors (Lipinski definition) is 9. The van der Waals surface area contributed by atoms with E-state index < -0.39 is 16.6 Å². The molecule has 0 atom stereocenters. The summed E-state index contributed by atoms with van der Waals surface area (Å²) in [6.45, 7) is 3.36. The fourth-order valence-corrected chi connectivity index (χ4v) is 5.11. The number of imidazole rings is 1. The van der Waals surface area contributed by atoms with Crippen molar-refractivity contribution >= 4 is 22.7 Å². The van der Waals surface area contributed by atoms with Crippen molar-refractivity contribution in [2.75, 3.05) is 24.6 Å². The highest BCUT2D eigenvalue weighted by Gasteiger charge is 2.19. The van der Waals surface area contributed by atoms with Gasteiger partial charge < -0.3 is 16.6 Å². The molecule has 10 nitrogen and oxygen atoms in total. The molecule has 7 rings (SSSR count). The topological polar surface area (TPSA) is 153 Å². The number of hydrogen-bond donors (Lipinski definition) is 3. The van der Waals surface area contributed by atoms with E-state index in [0.717, 1.165) is 46.0 Å². The normalized spacial score (nSPS) is 13.3. The second-order valence-corrected chi connectivity index (χ2v) is 10.2. The largest absolute Gasteiger partial charge is 0.502 e. The van der Waals surface area contributed by atoms with Gasteiger partial charge in [0.2, 0.25) is 0 Å². The number of fused-ring (bicyclic) bond motifs is 1. The van der Waals surface area contributed by atoms with Crippen LogP contribution in [0.4, 0.5) is 11.5 Å². The van der Waals surface area contributed by atoms with Gasteiger partial charge in [-0.1, -0.05) is 42.5 Å². The molecule has 0 bridgehead atoms. The van der Waals surface area contributed by atoms with Crippen molar-refractivity contribution in [1.82, 2.24) is 24.4 Å². The average molecular weight is 560 g/mol. The number of rotatable bonds is 5. The first-order valence-corrected chi connectivity index (χ1v) is 13.7. The Morgan fingerprint density at radius 2 is 1.55 bits per heavy atom. The van der Waals surface area contributed by atoms with Gasteiger partial charge in [-0.15, -0.1) is 0 Å². The first kappa shape index (κ1) is 26.9. The molecule has 1 aliphatic rings. The van der Waals surface area contributed by atoms with Crippen LogP contribution in [0.15, 0.2) is 94.6 Å². The van der Waals surface area contributed by atoms with E-state index in [9.17, 15) is 9.59 Å². The van der Waals surface area contributed by atoms with Gasteiger partial charge in [-0.05, 0) is 67.9 Å². The number of nitrogen functional groups attached to an aromatic ring is 2. The van der Waals surface area contributed by atoms with E-state index in [1.807, 2.05) is 42.5 Å². The van der Waals surface area contributed by atoms with Crippen molar-refractivity contribution in [3.63, 3.8) is 0 Å². The highest BCUT2D eigenvalue weighted by molar-refractivity contribution is 5.84. The van der Waals surface area contributed by atoms with Gasteiger partial charge in [0.05, 0.1) is 11.3 Å². The molecular formula is C32H29N7O3. The van der Waals surface area contributed by atoms with Gasteiger partial charge in [0.1, 0.15) is 17.0 Å². The molecule has 1 fully saturated rings. The molecule has 42 heavy (non-hydrogen) atoms. The molecule has 210 valence electrons. The fraction of sp³-hybridized carbons (Fsp3) is 0.156. The summed E-state index contributed by atoms with van der Waals surface area (Å²) in [5.74, 6) is 0.591. The third-order valence-corrected chi connectivity index (χ3v) is 7.37. The zero-order chi connectivity index (χ0) is 29.2. The molecule has 1 saturated heterocycles. The predicted octanol–water partition coefficient (Wildman–Crippen LogP) is 3.90. The minimum absolute atomic E-state index is 0.324. The molecule has 5 N–H and O–H groups in total. The highest BCUT2D eigenvalue weighted by atomic mass is 16.3. The third-order valence-electron chi connectivity index (χ3n) is 7.37. The molecule has 0 radical (unpaired) electrons. The maximum atomic E-state index is 10.1. The van der Waals surface area contributed by atoms with E-state index >= 15 is 0 Å². The van der Waals surface area contributed by atoms with Gasteiger partial charge in [0.15, 0.2) is 17.2 Å². The molecule has 6 aromatic rings. The Morgan fingerprint density at radius 3 is 2.19 bits per heavy atom. The zero-order valence-electron chi connectivity index (χ0n) is 22.8. The van der Waals surface area contributed by atoms with Crippen LogP contribution in [0, 0.1) is 0 Å². The average Bonchev–Trinajstić information content (AvgIpc) is 3.69. The highest BCUT2D eigenvalue weighted by Crippen LogP contribution is 2.32. The Balaban J connectivity index is 0.000000343. The Hall–Kier alpha value is -5.35. The number of nitrogens with two attached hydrogens (primary N) is 2. The lowest BCUT2D eigenvalue weighted by Crippen LogP contribution is -2.32. The van der Waals surface area contributed by atoms with Crippen molar-refractivity contribution in [2.45, 2.75) is 19.4 Å². The first-order valence-electron chi connectivity index (χ1n) is 13.7. The lowest BCUT2D eigenvalue weighted by Gasteiger charge is -2.15. The van der Waals surface area contributed by atoms with Gasteiger partial charge in [0, 0.05) is 24.0 Å². The van der Waals surface area contributed by atoms with E-state index in [0.29, 0.717) is 5.82 Å². The van der Waals surface area contributed by atoms with Gasteiger partial charge >= 0.3 is 0 Å². The summed E-state index contributed by atoms with van der Waals surface area (Å²) in [5, 5.41) is 8.34. The van der Waals surface area contributed by atoms with Crippen LogP contribution in [0.5, 0.6) is 5.75 Å². The maximum Gasteiger partial charge on any atom is 0.271 e. The summed E-state index contributed by atoms with van der Waals surface area (Å²) in [6, 6.07) is 26.8. The van der Waals surface area contributed by atoms with E-state index in [4.69, 9.17) is 26.5 Å². The minimum atomic E-state index is -0.887. The number of pyridine rings is 2. The van der Waals surface area contributed by atoms with Crippen LogP contribution in [-0.4, -0.2) is 42.6 Å². The second-order valence-electron chi connectivity index (χ2n) is 10.2. The lowest BCUT2D eigenvalue weighted by atomic mass is 10.1. The molecule has 0 saturated carbocycles. The summed E-state index contributed by atoms with van der Waals surface area (Å²) in [5.41, 5.74) is 15.8. The van der Waals surface area contributed by atoms with Crippen LogP contribution in [0.25, 0.3) is 39.5 Å². The molecule has 10 heteroatoms. The molecule has 0 aliphatic carbocycles. The number of nitrogens with zero attached hydrogens (tertiary/aromatic N) is 5. The van der Waals surface area contributed by atoms with Gasteiger partial charge in [-0.25, -0.2) is 15.0 Å². The third kappa shape index (κ3) is 5.11. The van der Waals surface area contributed by atoms with Gasteiger partial charge in [0.25, 0.3) is 10.9 Å². The lowest BCUT2D eigenvalue weighted by molar-refractivity contribution is 0.331. The van der Waals surface area contributed by atoms with Crippen molar-refractivity contribution in [1.29, 1.82) is 0 Å². The van der Waals surface area contributed by atoms with Gasteiger partial charge in [-0.2, -0.15) is 0 Å². The van der Waals surface area contributed by atoms with Crippen molar-refractivity contribution in [2.24, 2.45) is 0 Å². The molecule has 4 heterocycles. The summed E-state index contributed by atoms with van der Waals surface area (Å²) >= 11 is 0. The van der Waals surface area contributed by atoms with Gasteiger partial charge in [-0.3, -0.25) is 19.1 Å². The Kier molecular flexibility index (Phi) is 7.20. The monoisotopic (exact) mass is 559 g/mol. The standard InChI is InChI=1S/C28H26N6.C4H3NO3/c29-26-23(9-6-16-30-26)27-32-25-15-14-24(21-7-2-1-3-8-21)31-28(25)34(27)22-12-10-20(11-13-22)19-33-17-4-5-18-33;5-1-2(6)4(8)3(1)7/h1-3,6-16H,4-5,17-19H2,(H2,29,30);6H,5H2.